The van der Waals surface area contributed by atoms with E-state index in [0.29, 0.717) is 12.0 Å². The molecular weight excluding hydrogens is 284 g/mol. The number of aromatic nitrogens is 2. The number of carboxylic acid groups (broad SMARTS) is 1. The van der Waals surface area contributed by atoms with E-state index in [0.717, 1.165) is 11.6 Å². The summed E-state index contributed by atoms with van der Waals surface area (Å²) in [6, 6.07) is 0.419. The van der Waals surface area contributed by atoms with Gasteiger partial charge >= 0.3 is 5.97 Å². The Labute approximate surface area is 131 Å². The summed E-state index contributed by atoms with van der Waals surface area (Å²) >= 11 is 1.34. The van der Waals surface area contributed by atoms with Crippen molar-refractivity contribution in [3.63, 3.8) is 0 Å². The molecule has 21 heavy (non-hydrogen) atoms. The quantitative estimate of drug-likeness (QED) is 0.823. The Balaban J connectivity index is 2.38. The van der Waals surface area contributed by atoms with Crippen LogP contribution in [-0.4, -0.2) is 26.4 Å². The van der Waals surface area contributed by atoms with Crippen molar-refractivity contribution < 1.29 is 9.90 Å². The summed E-state index contributed by atoms with van der Waals surface area (Å²) in [6.07, 6.45) is 6.83. The highest BCUT2D eigenvalue weighted by Gasteiger charge is 2.36. The molecule has 1 saturated carbocycles. The van der Waals surface area contributed by atoms with Crippen molar-refractivity contribution in [2.75, 3.05) is 5.75 Å². The summed E-state index contributed by atoms with van der Waals surface area (Å²) in [7, 11) is 0. The van der Waals surface area contributed by atoms with Gasteiger partial charge in [-0.05, 0) is 24.2 Å². The second-order valence-electron chi connectivity index (χ2n) is 6.92. The first-order valence-corrected chi connectivity index (χ1v) is 8.73. The molecular formula is C16H26N2O2S. The van der Waals surface area contributed by atoms with Gasteiger partial charge in [0.05, 0.1) is 5.75 Å². The molecule has 4 nitrogen and oxygen atoms in total. The van der Waals surface area contributed by atoms with E-state index in [1.807, 2.05) is 6.20 Å². The average Bonchev–Trinajstić information content (AvgIpc) is 2.79. The van der Waals surface area contributed by atoms with Crippen molar-refractivity contribution >= 4 is 17.7 Å². The number of imidazole rings is 1. The van der Waals surface area contributed by atoms with Crippen molar-refractivity contribution in [2.24, 2.45) is 5.41 Å². The monoisotopic (exact) mass is 310 g/mol. The van der Waals surface area contributed by atoms with Gasteiger partial charge in [-0.3, -0.25) is 4.79 Å². The van der Waals surface area contributed by atoms with Crippen molar-refractivity contribution in [2.45, 2.75) is 70.5 Å². The minimum absolute atomic E-state index is 0.0711. The molecule has 1 heterocycles. The van der Waals surface area contributed by atoms with Crippen molar-refractivity contribution in [3.05, 3.63) is 11.9 Å². The van der Waals surface area contributed by atoms with Crippen LogP contribution >= 0.6 is 11.8 Å². The molecule has 0 amide bonds. The van der Waals surface area contributed by atoms with E-state index in [2.05, 4.69) is 37.2 Å². The molecule has 1 N–H and O–H groups in total. The van der Waals surface area contributed by atoms with Gasteiger partial charge in [0.1, 0.15) is 0 Å². The minimum Gasteiger partial charge on any atom is -0.481 e. The maximum Gasteiger partial charge on any atom is 0.313 e. The maximum atomic E-state index is 10.9. The van der Waals surface area contributed by atoms with Crippen LogP contribution in [-0.2, 0) is 4.79 Å². The molecule has 0 radical (unpaired) electrons. The lowest BCUT2D eigenvalue weighted by Crippen LogP contribution is -2.32. The summed E-state index contributed by atoms with van der Waals surface area (Å²) < 4.78 is 2.33. The van der Waals surface area contributed by atoms with Crippen molar-refractivity contribution in [3.8, 4) is 0 Å². The molecule has 1 unspecified atom stereocenters. The Kier molecular flexibility index (Phi) is 5.02. The van der Waals surface area contributed by atoms with Gasteiger partial charge in [0.2, 0.25) is 0 Å². The summed E-state index contributed by atoms with van der Waals surface area (Å²) in [5, 5.41) is 9.80. The summed E-state index contributed by atoms with van der Waals surface area (Å²) in [5.74, 6) is -0.320. The molecule has 0 aliphatic heterocycles. The molecule has 2 rings (SSSR count). The summed E-state index contributed by atoms with van der Waals surface area (Å²) in [4.78, 5) is 15.4. The third-order valence-corrected chi connectivity index (χ3v) is 5.42. The number of carbonyl (C=O) groups is 1. The van der Waals surface area contributed by atoms with Crippen LogP contribution in [0.1, 0.15) is 71.0 Å². The fraction of sp³-hybridized carbons (Fsp3) is 0.750. The van der Waals surface area contributed by atoms with E-state index in [-0.39, 0.29) is 11.2 Å². The molecule has 118 valence electrons. The summed E-state index contributed by atoms with van der Waals surface area (Å²) in [6.45, 7) is 9.00. The maximum absolute atomic E-state index is 10.9. The lowest BCUT2D eigenvalue weighted by atomic mass is 9.73. The molecule has 1 aromatic rings. The highest BCUT2D eigenvalue weighted by molar-refractivity contribution is 7.99. The number of carboxylic acids is 1. The number of hydrogen-bond acceptors (Lipinski definition) is 3. The zero-order chi connectivity index (χ0) is 15.6. The fourth-order valence-electron chi connectivity index (χ4n) is 3.28. The lowest BCUT2D eigenvalue weighted by molar-refractivity contribution is -0.133. The predicted octanol–water partition coefficient (Wildman–Crippen LogP) is 4.32. The Morgan fingerprint density at radius 1 is 1.52 bits per heavy atom. The third kappa shape index (κ3) is 3.62. The van der Waals surface area contributed by atoms with Gasteiger partial charge in [0.25, 0.3) is 0 Å². The third-order valence-electron chi connectivity index (χ3n) is 4.47. The second-order valence-corrected chi connectivity index (χ2v) is 7.87. The lowest BCUT2D eigenvalue weighted by Gasteiger charge is -2.41. The predicted molar refractivity (Wildman–Crippen MR) is 86.0 cm³/mol. The standard InChI is InChI=1S/C16H26N2O2S/c1-11(2)12-9-17-15(21-10-14(19)20)18(12)13-7-5-6-8-16(13,3)4/h9,11,13H,5-8,10H2,1-4H3,(H,19,20). The first-order valence-electron chi connectivity index (χ1n) is 7.74. The Morgan fingerprint density at radius 2 is 2.24 bits per heavy atom. The van der Waals surface area contributed by atoms with Crippen LogP contribution in [0.4, 0.5) is 0 Å². The van der Waals surface area contributed by atoms with Gasteiger partial charge in [-0.2, -0.15) is 0 Å². The summed E-state index contributed by atoms with van der Waals surface area (Å²) in [5.41, 5.74) is 1.46. The minimum atomic E-state index is -0.788. The molecule has 1 atom stereocenters. The van der Waals surface area contributed by atoms with E-state index in [9.17, 15) is 4.79 Å². The Bertz CT molecular complexity index is 508. The molecule has 1 fully saturated rings. The van der Waals surface area contributed by atoms with Crippen LogP contribution in [0, 0.1) is 5.41 Å². The number of nitrogens with zero attached hydrogens (tertiary/aromatic N) is 2. The molecule has 0 bridgehead atoms. The van der Waals surface area contributed by atoms with Crippen LogP contribution in [0.5, 0.6) is 0 Å². The SMILES string of the molecule is CC(C)c1cnc(SCC(=O)O)n1C1CCCCC1(C)C. The van der Waals surface area contributed by atoms with E-state index < -0.39 is 5.97 Å². The zero-order valence-electron chi connectivity index (χ0n) is 13.4. The van der Waals surface area contributed by atoms with E-state index >= 15 is 0 Å². The van der Waals surface area contributed by atoms with Crippen LogP contribution in [0.2, 0.25) is 0 Å². The second kappa shape index (κ2) is 6.42. The molecule has 1 aliphatic rings. The number of rotatable bonds is 5. The van der Waals surface area contributed by atoms with Crippen molar-refractivity contribution in [1.82, 2.24) is 9.55 Å². The Hall–Kier alpha value is -0.970. The van der Waals surface area contributed by atoms with Crippen LogP contribution in [0.15, 0.2) is 11.4 Å². The van der Waals surface area contributed by atoms with Gasteiger partial charge in [0, 0.05) is 17.9 Å². The molecule has 0 aromatic carbocycles. The van der Waals surface area contributed by atoms with Gasteiger partial charge in [-0.25, -0.2) is 4.98 Å². The molecule has 0 spiro atoms. The van der Waals surface area contributed by atoms with Gasteiger partial charge < -0.3 is 9.67 Å². The largest absolute Gasteiger partial charge is 0.481 e. The normalized spacial score (nSPS) is 21.7. The van der Waals surface area contributed by atoms with Gasteiger partial charge in [-0.1, -0.05) is 52.3 Å². The topological polar surface area (TPSA) is 55.1 Å². The van der Waals surface area contributed by atoms with Gasteiger partial charge in [-0.15, -0.1) is 0 Å². The van der Waals surface area contributed by atoms with Crippen molar-refractivity contribution in [1.29, 1.82) is 0 Å². The number of aliphatic carboxylic acids is 1. The van der Waals surface area contributed by atoms with E-state index in [1.165, 1.54) is 36.7 Å². The molecule has 1 aromatic heterocycles. The van der Waals surface area contributed by atoms with E-state index in [4.69, 9.17) is 5.11 Å². The van der Waals surface area contributed by atoms with Gasteiger partial charge in [0.15, 0.2) is 5.16 Å². The molecule has 1 aliphatic carbocycles. The fourth-order valence-corrected chi connectivity index (χ4v) is 4.04. The first kappa shape index (κ1) is 16.4. The van der Waals surface area contributed by atoms with Crippen LogP contribution in [0.3, 0.4) is 0 Å². The number of thioether (sulfide) groups is 1. The molecule has 0 saturated heterocycles. The van der Waals surface area contributed by atoms with Crippen LogP contribution in [0.25, 0.3) is 0 Å². The zero-order valence-corrected chi connectivity index (χ0v) is 14.2. The highest BCUT2D eigenvalue weighted by Crippen LogP contribution is 2.46. The van der Waals surface area contributed by atoms with Crippen LogP contribution < -0.4 is 0 Å². The Morgan fingerprint density at radius 3 is 2.81 bits per heavy atom. The average molecular weight is 310 g/mol. The highest BCUT2D eigenvalue weighted by atomic mass is 32.2. The number of hydrogen-bond donors (Lipinski definition) is 1. The van der Waals surface area contributed by atoms with E-state index in [1.54, 1.807) is 0 Å². The molecule has 5 heteroatoms. The smallest absolute Gasteiger partial charge is 0.313 e. The first-order chi connectivity index (χ1) is 9.83.